The van der Waals surface area contributed by atoms with E-state index in [0.29, 0.717) is 38.5 Å². The Hall–Kier alpha value is -2.37. The van der Waals surface area contributed by atoms with Crippen LogP contribution in [0.4, 0.5) is 0 Å². The first-order valence-electron chi connectivity index (χ1n) is 9.84. The van der Waals surface area contributed by atoms with Gasteiger partial charge in [-0.15, -0.1) is 0 Å². The average Bonchev–Trinajstić information content (AvgIpc) is 2.52. The summed E-state index contributed by atoms with van der Waals surface area (Å²) in [6.07, 6.45) is 12.4. The zero-order valence-electron chi connectivity index (χ0n) is 16.7. The molecule has 4 bridgehead atoms. The van der Waals surface area contributed by atoms with Gasteiger partial charge in [0.2, 0.25) is 0 Å². The molecule has 0 amide bonds. The molecule has 0 aliphatic heterocycles. The minimum Gasteiger partial charge on any atom is -0.456 e. The van der Waals surface area contributed by atoms with Crippen molar-refractivity contribution in [1.82, 2.24) is 0 Å². The molecule has 0 saturated heterocycles. The van der Waals surface area contributed by atoms with Crippen molar-refractivity contribution in [1.29, 1.82) is 0 Å². The van der Waals surface area contributed by atoms with Gasteiger partial charge in [-0.05, 0) is 46.0 Å². The summed E-state index contributed by atoms with van der Waals surface area (Å²) in [7, 11) is 0. The third kappa shape index (κ3) is 4.05. The number of allylic oxidation sites excluding steroid dienone is 3. The minimum absolute atomic E-state index is 0.159. The van der Waals surface area contributed by atoms with E-state index in [2.05, 4.69) is 0 Å². The van der Waals surface area contributed by atoms with Crippen molar-refractivity contribution in [2.75, 3.05) is 0 Å². The van der Waals surface area contributed by atoms with Crippen LogP contribution in [0.5, 0.6) is 0 Å². The Labute approximate surface area is 165 Å². The van der Waals surface area contributed by atoms with E-state index < -0.39 is 34.7 Å². The molecular formula is C22H28O6. The predicted molar refractivity (Wildman–Crippen MR) is 102 cm³/mol. The van der Waals surface area contributed by atoms with Gasteiger partial charge in [-0.25, -0.2) is 14.4 Å². The Morgan fingerprint density at radius 1 is 0.643 bits per heavy atom. The van der Waals surface area contributed by atoms with E-state index in [4.69, 9.17) is 14.2 Å². The van der Waals surface area contributed by atoms with Gasteiger partial charge in [-0.3, -0.25) is 0 Å². The third-order valence-corrected chi connectivity index (χ3v) is 5.77. The normalized spacial score (nSPS) is 36.3. The van der Waals surface area contributed by atoms with Gasteiger partial charge in [0, 0.05) is 37.5 Å². The van der Waals surface area contributed by atoms with E-state index in [0.717, 1.165) is 0 Å². The minimum atomic E-state index is -0.789. The van der Waals surface area contributed by atoms with Crippen LogP contribution in [0.2, 0.25) is 0 Å². The van der Waals surface area contributed by atoms with Crippen molar-refractivity contribution in [3.8, 4) is 0 Å². The van der Waals surface area contributed by atoms with Crippen LogP contribution in [-0.2, 0) is 28.6 Å². The molecule has 0 aromatic carbocycles. The van der Waals surface area contributed by atoms with Crippen LogP contribution < -0.4 is 0 Å². The van der Waals surface area contributed by atoms with Gasteiger partial charge in [0.1, 0.15) is 16.8 Å². The first-order chi connectivity index (χ1) is 13.3. The van der Waals surface area contributed by atoms with Crippen LogP contribution in [0.1, 0.15) is 59.3 Å². The number of carbonyl (C=O) groups excluding carboxylic acids is 3. The van der Waals surface area contributed by atoms with Gasteiger partial charge in [0.25, 0.3) is 0 Å². The number of esters is 3. The summed E-state index contributed by atoms with van der Waals surface area (Å²) in [5.74, 6) is -1.11. The van der Waals surface area contributed by atoms with Crippen molar-refractivity contribution < 1.29 is 28.6 Å². The number of hydrogen-bond acceptors (Lipinski definition) is 6. The summed E-state index contributed by atoms with van der Waals surface area (Å²) in [4.78, 5) is 36.7. The molecule has 0 unspecified atom stereocenters. The van der Waals surface area contributed by atoms with E-state index in [1.54, 1.807) is 39.0 Å². The Morgan fingerprint density at radius 3 is 1.18 bits per heavy atom. The highest BCUT2D eigenvalue weighted by atomic mass is 16.6. The zero-order chi connectivity index (χ0) is 20.4. The van der Waals surface area contributed by atoms with E-state index in [-0.39, 0.29) is 5.92 Å². The van der Waals surface area contributed by atoms with Crippen LogP contribution in [0.25, 0.3) is 0 Å². The number of hydrogen-bond donors (Lipinski definition) is 0. The molecule has 28 heavy (non-hydrogen) atoms. The van der Waals surface area contributed by atoms with Crippen molar-refractivity contribution in [2.24, 2.45) is 5.92 Å². The van der Waals surface area contributed by atoms with Crippen LogP contribution in [0, 0.1) is 5.92 Å². The van der Waals surface area contributed by atoms with Crippen molar-refractivity contribution in [3.05, 3.63) is 36.5 Å². The number of rotatable bonds is 6. The second-order valence-electron chi connectivity index (χ2n) is 8.32. The molecule has 6 heteroatoms. The summed E-state index contributed by atoms with van der Waals surface area (Å²) >= 11 is 0. The molecule has 0 aromatic heterocycles. The Morgan fingerprint density at radius 2 is 0.929 bits per heavy atom. The fourth-order valence-corrected chi connectivity index (χ4v) is 5.67. The summed E-state index contributed by atoms with van der Waals surface area (Å²) in [5.41, 5.74) is -2.37. The summed E-state index contributed by atoms with van der Waals surface area (Å²) in [6.45, 7) is 5.25. The lowest BCUT2D eigenvalue weighted by Gasteiger charge is -2.63. The largest absolute Gasteiger partial charge is 0.456 e. The zero-order valence-corrected chi connectivity index (χ0v) is 16.7. The molecule has 0 heterocycles. The lowest BCUT2D eigenvalue weighted by atomic mass is 9.50. The highest BCUT2D eigenvalue weighted by Gasteiger charge is 2.68. The van der Waals surface area contributed by atoms with Gasteiger partial charge in [-0.1, -0.05) is 18.2 Å². The maximum absolute atomic E-state index is 12.2. The Balaban J connectivity index is 1.94. The molecule has 4 rings (SSSR count). The average molecular weight is 388 g/mol. The van der Waals surface area contributed by atoms with Gasteiger partial charge in [0.05, 0.1) is 0 Å². The predicted octanol–water partition coefficient (Wildman–Crippen LogP) is 3.56. The topological polar surface area (TPSA) is 78.9 Å². The first kappa shape index (κ1) is 20.4. The Kier molecular flexibility index (Phi) is 5.50. The van der Waals surface area contributed by atoms with Crippen LogP contribution in [0.3, 0.4) is 0 Å². The molecule has 6 nitrogen and oxygen atoms in total. The van der Waals surface area contributed by atoms with Gasteiger partial charge >= 0.3 is 17.9 Å². The second kappa shape index (κ2) is 7.57. The molecule has 0 aromatic rings. The summed E-state index contributed by atoms with van der Waals surface area (Å²) in [6, 6.07) is 0. The SMILES string of the molecule is CC=CC(=O)OC12CC3CC(OC(=O)C=CC)(C1)CC(OC(=O)C=CC)(C3)C2. The monoisotopic (exact) mass is 388 g/mol. The molecule has 4 aliphatic rings. The van der Waals surface area contributed by atoms with Crippen molar-refractivity contribution in [2.45, 2.75) is 76.1 Å². The Bertz CT molecular complexity index is 638. The van der Waals surface area contributed by atoms with Crippen molar-refractivity contribution >= 4 is 17.9 Å². The maximum atomic E-state index is 12.2. The number of ether oxygens (including phenoxy) is 3. The lowest BCUT2D eigenvalue weighted by molar-refractivity contribution is -0.268. The molecule has 0 radical (unpaired) electrons. The summed E-state index contributed by atoms with van der Waals surface area (Å²) < 4.78 is 17.6. The molecule has 152 valence electrons. The highest BCUT2D eigenvalue weighted by molar-refractivity contribution is 5.83. The standard InChI is InChI=1S/C22H28O6/c1-4-7-17(23)26-20-10-16-11-21(13-20,27-18(24)8-5-2)15-22(12-16,14-20)28-19(25)9-6-3/h4-9,16H,10-15H2,1-3H3. The fourth-order valence-electron chi connectivity index (χ4n) is 5.67. The molecule has 0 N–H and O–H groups in total. The summed E-state index contributed by atoms with van der Waals surface area (Å²) in [5, 5.41) is 0. The van der Waals surface area contributed by atoms with E-state index in [1.165, 1.54) is 18.2 Å². The lowest BCUT2D eigenvalue weighted by Crippen LogP contribution is -2.68. The van der Waals surface area contributed by atoms with E-state index in [9.17, 15) is 14.4 Å². The van der Waals surface area contributed by atoms with E-state index in [1.807, 2.05) is 0 Å². The van der Waals surface area contributed by atoms with E-state index >= 15 is 0 Å². The molecule has 4 saturated carbocycles. The highest BCUT2D eigenvalue weighted by Crippen LogP contribution is 2.63. The van der Waals surface area contributed by atoms with Crippen LogP contribution >= 0.6 is 0 Å². The van der Waals surface area contributed by atoms with Gasteiger partial charge in [-0.2, -0.15) is 0 Å². The smallest absolute Gasteiger partial charge is 0.330 e. The quantitative estimate of drug-likeness (QED) is 0.393. The fraction of sp³-hybridized carbons (Fsp3) is 0.591. The maximum Gasteiger partial charge on any atom is 0.330 e. The number of carbonyl (C=O) groups is 3. The first-order valence-corrected chi connectivity index (χ1v) is 9.84. The molecule has 4 aliphatic carbocycles. The third-order valence-electron chi connectivity index (χ3n) is 5.77. The molecule has 4 fully saturated rings. The van der Waals surface area contributed by atoms with Gasteiger partial charge in [0.15, 0.2) is 0 Å². The van der Waals surface area contributed by atoms with Crippen LogP contribution in [-0.4, -0.2) is 34.7 Å². The van der Waals surface area contributed by atoms with Gasteiger partial charge < -0.3 is 14.2 Å². The molecule has 0 spiro atoms. The van der Waals surface area contributed by atoms with Crippen molar-refractivity contribution in [3.63, 3.8) is 0 Å². The second-order valence-corrected chi connectivity index (χ2v) is 8.32. The molecule has 0 atom stereocenters. The molecular weight excluding hydrogens is 360 g/mol. The van der Waals surface area contributed by atoms with Crippen LogP contribution in [0.15, 0.2) is 36.5 Å².